The smallest absolute Gasteiger partial charge is 0.308 e. The number of nitrogens with zero attached hydrogens (tertiary/aromatic N) is 2. The molecule has 0 radical (unpaired) electrons. The van der Waals surface area contributed by atoms with E-state index in [9.17, 15) is 4.79 Å². The van der Waals surface area contributed by atoms with Crippen molar-refractivity contribution in [3.05, 3.63) is 29.6 Å². The van der Waals surface area contributed by atoms with Crippen LogP contribution in [0.15, 0.2) is 18.5 Å². The van der Waals surface area contributed by atoms with E-state index in [0.717, 1.165) is 19.5 Å². The summed E-state index contributed by atoms with van der Waals surface area (Å²) in [5.74, 6) is -0.908. The highest BCUT2D eigenvalue weighted by Gasteiger charge is 2.35. The summed E-state index contributed by atoms with van der Waals surface area (Å²) in [5, 5.41) is 9.08. The summed E-state index contributed by atoms with van der Waals surface area (Å²) in [4.78, 5) is 17.4. The number of carboxylic acid groups (broad SMARTS) is 1. The lowest BCUT2D eigenvalue weighted by Gasteiger charge is -2.23. The lowest BCUT2D eigenvalue weighted by Crippen LogP contribution is -2.32. The molecule has 0 aromatic carbocycles. The summed E-state index contributed by atoms with van der Waals surface area (Å²) in [5.41, 5.74) is 2.40. The molecule has 1 aromatic heterocycles. The van der Waals surface area contributed by atoms with Crippen LogP contribution in [0.4, 0.5) is 0 Å². The number of pyridine rings is 1. The SMILES string of the molecule is Cc1ccncc1CN1CCC(C(=O)O)C1C. The Morgan fingerprint density at radius 1 is 1.65 bits per heavy atom. The van der Waals surface area contributed by atoms with Crippen molar-refractivity contribution in [1.82, 2.24) is 9.88 Å². The van der Waals surface area contributed by atoms with Crippen molar-refractivity contribution in [3.63, 3.8) is 0 Å². The number of carboxylic acids is 1. The Balaban J connectivity index is 2.06. The Hall–Kier alpha value is -1.42. The molecule has 1 aliphatic heterocycles. The minimum absolute atomic E-state index is 0.104. The van der Waals surface area contributed by atoms with Gasteiger partial charge in [-0.25, -0.2) is 0 Å². The van der Waals surface area contributed by atoms with Crippen LogP contribution in [0.1, 0.15) is 24.5 Å². The second-order valence-electron chi connectivity index (χ2n) is 4.75. The first kappa shape index (κ1) is 12.0. The van der Waals surface area contributed by atoms with Gasteiger partial charge in [0.25, 0.3) is 0 Å². The fourth-order valence-electron chi connectivity index (χ4n) is 2.44. The highest BCUT2D eigenvalue weighted by atomic mass is 16.4. The van der Waals surface area contributed by atoms with Crippen molar-refractivity contribution in [2.45, 2.75) is 32.9 Å². The van der Waals surface area contributed by atoms with E-state index in [1.165, 1.54) is 11.1 Å². The second-order valence-corrected chi connectivity index (χ2v) is 4.75. The van der Waals surface area contributed by atoms with Gasteiger partial charge in [0.15, 0.2) is 0 Å². The highest BCUT2D eigenvalue weighted by molar-refractivity contribution is 5.71. The van der Waals surface area contributed by atoms with E-state index in [1.807, 2.05) is 19.2 Å². The van der Waals surface area contributed by atoms with Crippen LogP contribution in [0, 0.1) is 12.8 Å². The molecule has 92 valence electrons. The molecule has 0 saturated carbocycles. The Bertz CT molecular complexity index is 420. The lowest BCUT2D eigenvalue weighted by molar-refractivity contribution is -0.142. The Kier molecular flexibility index (Phi) is 3.43. The molecule has 4 nitrogen and oxygen atoms in total. The average molecular weight is 234 g/mol. The predicted molar refractivity (Wildman–Crippen MR) is 64.6 cm³/mol. The Morgan fingerprint density at radius 2 is 2.41 bits per heavy atom. The fourth-order valence-corrected chi connectivity index (χ4v) is 2.44. The van der Waals surface area contributed by atoms with E-state index in [2.05, 4.69) is 16.8 Å². The number of aliphatic carboxylic acids is 1. The number of carbonyl (C=O) groups is 1. The van der Waals surface area contributed by atoms with Gasteiger partial charge in [0.2, 0.25) is 0 Å². The van der Waals surface area contributed by atoms with Crippen LogP contribution < -0.4 is 0 Å². The molecule has 1 fully saturated rings. The predicted octanol–water partition coefficient (Wildman–Crippen LogP) is 1.69. The normalized spacial score (nSPS) is 25.1. The second kappa shape index (κ2) is 4.84. The van der Waals surface area contributed by atoms with E-state index in [0.29, 0.717) is 0 Å². The van der Waals surface area contributed by atoms with Crippen LogP contribution in [0.5, 0.6) is 0 Å². The molecule has 0 bridgehead atoms. The lowest BCUT2D eigenvalue weighted by atomic mass is 10.0. The van der Waals surface area contributed by atoms with Crippen LogP contribution in [0.2, 0.25) is 0 Å². The van der Waals surface area contributed by atoms with Gasteiger partial charge in [-0.2, -0.15) is 0 Å². The van der Waals surface area contributed by atoms with E-state index >= 15 is 0 Å². The first-order valence-corrected chi connectivity index (χ1v) is 5.96. The van der Waals surface area contributed by atoms with E-state index in [4.69, 9.17) is 5.11 Å². The molecule has 1 aliphatic rings. The Morgan fingerprint density at radius 3 is 3.00 bits per heavy atom. The zero-order valence-corrected chi connectivity index (χ0v) is 10.3. The molecular formula is C13H18N2O2. The first-order chi connectivity index (χ1) is 8.09. The molecule has 4 heteroatoms. The largest absolute Gasteiger partial charge is 0.481 e. The summed E-state index contributed by atoms with van der Waals surface area (Å²) in [6.45, 7) is 5.71. The van der Waals surface area contributed by atoms with E-state index in [1.54, 1.807) is 6.20 Å². The fraction of sp³-hybridized carbons (Fsp3) is 0.538. The topological polar surface area (TPSA) is 53.4 Å². The van der Waals surface area contributed by atoms with Gasteiger partial charge in [-0.05, 0) is 44.0 Å². The van der Waals surface area contributed by atoms with Crippen molar-refractivity contribution in [3.8, 4) is 0 Å². The third-order valence-electron chi connectivity index (χ3n) is 3.72. The van der Waals surface area contributed by atoms with Crippen LogP contribution in [0.3, 0.4) is 0 Å². The number of hydrogen-bond acceptors (Lipinski definition) is 3. The molecule has 1 saturated heterocycles. The van der Waals surface area contributed by atoms with Gasteiger partial charge in [0.05, 0.1) is 5.92 Å². The van der Waals surface area contributed by atoms with Gasteiger partial charge in [0, 0.05) is 25.0 Å². The standard InChI is InChI=1S/C13H18N2O2/c1-9-3-5-14-7-11(9)8-15-6-4-12(10(15)2)13(16)17/h3,5,7,10,12H,4,6,8H2,1-2H3,(H,16,17). The van der Waals surface area contributed by atoms with Crippen LogP contribution in [-0.4, -0.2) is 33.5 Å². The zero-order chi connectivity index (χ0) is 12.4. The van der Waals surface area contributed by atoms with Gasteiger partial charge >= 0.3 is 5.97 Å². The van der Waals surface area contributed by atoms with Gasteiger partial charge in [-0.15, -0.1) is 0 Å². The molecule has 2 atom stereocenters. The maximum Gasteiger partial charge on any atom is 0.308 e. The molecule has 0 amide bonds. The molecule has 17 heavy (non-hydrogen) atoms. The maximum atomic E-state index is 11.0. The molecule has 1 aromatic rings. The monoisotopic (exact) mass is 234 g/mol. The summed E-state index contributed by atoms with van der Waals surface area (Å²) in [6, 6.07) is 2.09. The highest BCUT2D eigenvalue weighted by Crippen LogP contribution is 2.26. The van der Waals surface area contributed by atoms with Crippen molar-refractivity contribution in [2.24, 2.45) is 5.92 Å². The summed E-state index contributed by atoms with van der Waals surface area (Å²) >= 11 is 0. The minimum atomic E-state index is -0.678. The Labute approximate surface area is 101 Å². The number of likely N-dealkylation sites (tertiary alicyclic amines) is 1. The van der Waals surface area contributed by atoms with Crippen LogP contribution in [0.25, 0.3) is 0 Å². The zero-order valence-electron chi connectivity index (χ0n) is 10.3. The number of rotatable bonds is 3. The minimum Gasteiger partial charge on any atom is -0.481 e. The molecule has 2 rings (SSSR count). The van der Waals surface area contributed by atoms with Crippen molar-refractivity contribution < 1.29 is 9.90 Å². The summed E-state index contributed by atoms with van der Waals surface area (Å²) < 4.78 is 0. The van der Waals surface area contributed by atoms with Crippen molar-refractivity contribution in [1.29, 1.82) is 0 Å². The maximum absolute atomic E-state index is 11.0. The van der Waals surface area contributed by atoms with Gasteiger partial charge < -0.3 is 5.11 Å². The number of aryl methyl sites for hydroxylation is 1. The van der Waals surface area contributed by atoms with Crippen LogP contribution >= 0.6 is 0 Å². The molecule has 2 heterocycles. The van der Waals surface area contributed by atoms with Crippen molar-refractivity contribution in [2.75, 3.05) is 6.54 Å². The first-order valence-electron chi connectivity index (χ1n) is 5.96. The average Bonchev–Trinajstić information content (AvgIpc) is 2.64. The number of aromatic nitrogens is 1. The summed E-state index contributed by atoms with van der Waals surface area (Å²) in [7, 11) is 0. The van der Waals surface area contributed by atoms with Gasteiger partial charge in [0.1, 0.15) is 0 Å². The molecule has 2 unspecified atom stereocenters. The molecule has 0 spiro atoms. The molecule has 1 N–H and O–H groups in total. The molecular weight excluding hydrogens is 216 g/mol. The van der Waals surface area contributed by atoms with Gasteiger partial charge in [-0.3, -0.25) is 14.7 Å². The van der Waals surface area contributed by atoms with E-state index < -0.39 is 5.97 Å². The van der Waals surface area contributed by atoms with Crippen molar-refractivity contribution >= 4 is 5.97 Å². The van der Waals surface area contributed by atoms with Gasteiger partial charge in [-0.1, -0.05) is 0 Å². The van der Waals surface area contributed by atoms with E-state index in [-0.39, 0.29) is 12.0 Å². The number of hydrogen-bond donors (Lipinski definition) is 1. The van der Waals surface area contributed by atoms with Crippen LogP contribution in [-0.2, 0) is 11.3 Å². The quantitative estimate of drug-likeness (QED) is 0.864. The third-order valence-corrected chi connectivity index (χ3v) is 3.72. The summed E-state index contributed by atoms with van der Waals surface area (Å²) in [6.07, 6.45) is 4.40. The molecule has 0 aliphatic carbocycles. The third kappa shape index (κ3) is 2.47.